The summed E-state index contributed by atoms with van der Waals surface area (Å²) in [7, 11) is 0. The van der Waals surface area contributed by atoms with Gasteiger partial charge in [0.1, 0.15) is 11.6 Å². The zero-order chi connectivity index (χ0) is 17.4. The molecule has 3 heterocycles. The van der Waals surface area contributed by atoms with Crippen molar-refractivity contribution in [3.05, 3.63) is 41.2 Å². The number of anilines is 1. The third kappa shape index (κ3) is 2.75. The molecule has 3 aromatic rings. The van der Waals surface area contributed by atoms with Gasteiger partial charge in [-0.25, -0.2) is 4.79 Å². The molecule has 0 fully saturated rings. The van der Waals surface area contributed by atoms with Gasteiger partial charge in [0.05, 0.1) is 12.2 Å². The SMILES string of the molecule is CCc1oc2c(NC(=O)NCc3nnc4n3CCC4)cccc2c1C. The third-order valence-corrected chi connectivity index (χ3v) is 4.73. The Morgan fingerprint density at radius 3 is 3.08 bits per heavy atom. The molecule has 0 spiro atoms. The summed E-state index contributed by atoms with van der Waals surface area (Å²) >= 11 is 0. The van der Waals surface area contributed by atoms with Gasteiger partial charge in [0.2, 0.25) is 0 Å². The van der Waals surface area contributed by atoms with Crippen molar-refractivity contribution in [1.29, 1.82) is 0 Å². The van der Waals surface area contributed by atoms with E-state index in [9.17, 15) is 4.79 Å². The highest BCUT2D eigenvalue weighted by Crippen LogP contribution is 2.31. The molecule has 1 aliphatic heterocycles. The van der Waals surface area contributed by atoms with E-state index < -0.39 is 0 Å². The van der Waals surface area contributed by atoms with Crippen molar-refractivity contribution in [2.24, 2.45) is 0 Å². The van der Waals surface area contributed by atoms with Gasteiger partial charge >= 0.3 is 6.03 Å². The van der Waals surface area contributed by atoms with Crippen molar-refractivity contribution in [2.75, 3.05) is 5.32 Å². The maximum atomic E-state index is 12.3. The lowest BCUT2D eigenvalue weighted by Gasteiger charge is -2.08. The average Bonchev–Trinajstić information content (AvgIpc) is 3.29. The second-order valence-electron chi connectivity index (χ2n) is 6.28. The molecule has 1 aliphatic rings. The molecule has 7 heteroatoms. The van der Waals surface area contributed by atoms with Crippen LogP contribution in [0, 0.1) is 6.92 Å². The van der Waals surface area contributed by atoms with Gasteiger partial charge in [-0.3, -0.25) is 0 Å². The molecule has 0 bridgehead atoms. The first-order valence-corrected chi connectivity index (χ1v) is 8.64. The minimum atomic E-state index is -0.282. The number of nitrogens with zero attached hydrogens (tertiary/aromatic N) is 3. The van der Waals surface area contributed by atoms with Crippen molar-refractivity contribution in [3.8, 4) is 0 Å². The zero-order valence-corrected chi connectivity index (χ0v) is 14.4. The number of nitrogens with one attached hydrogen (secondary N) is 2. The van der Waals surface area contributed by atoms with E-state index in [0.29, 0.717) is 12.2 Å². The Morgan fingerprint density at radius 1 is 1.36 bits per heavy atom. The summed E-state index contributed by atoms with van der Waals surface area (Å²) in [6, 6.07) is 5.50. The molecule has 130 valence electrons. The Labute approximate surface area is 145 Å². The van der Waals surface area contributed by atoms with Gasteiger partial charge in [0.15, 0.2) is 11.4 Å². The Balaban J connectivity index is 1.48. The maximum Gasteiger partial charge on any atom is 0.319 e. The third-order valence-electron chi connectivity index (χ3n) is 4.73. The Kier molecular flexibility index (Phi) is 3.91. The smallest absolute Gasteiger partial charge is 0.319 e. The number of aryl methyl sites for hydroxylation is 3. The molecule has 2 aromatic heterocycles. The van der Waals surface area contributed by atoms with Crippen LogP contribution in [0.5, 0.6) is 0 Å². The minimum absolute atomic E-state index is 0.282. The fourth-order valence-corrected chi connectivity index (χ4v) is 3.40. The van der Waals surface area contributed by atoms with E-state index in [4.69, 9.17) is 4.42 Å². The number of carbonyl (C=O) groups is 1. The number of aromatic nitrogens is 3. The number of hydrogen-bond donors (Lipinski definition) is 2. The molecule has 0 aliphatic carbocycles. The van der Waals surface area contributed by atoms with E-state index in [1.807, 2.05) is 25.1 Å². The normalized spacial score (nSPS) is 13.2. The average molecular weight is 339 g/mol. The van der Waals surface area contributed by atoms with E-state index in [1.54, 1.807) is 0 Å². The molecule has 2 N–H and O–H groups in total. The number of benzene rings is 1. The van der Waals surface area contributed by atoms with Gasteiger partial charge in [0.25, 0.3) is 0 Å². The molecular weight excluding hydrogens is 318 g/mol. The molecule has 0 saturated carbocycles. The number of carbonyl (C=O) groups excluding carboxylic acids is 1. The van der Waals surface area contributed by atoms with Crippen LogP contribution in [0.2, 0.25) is 0 Å². The summed E-state index contributed by atoms with van der Waals surface area (Å²) in [5.41, 5.74) is 2.51. The first-order chi connectivity index (χ1) is 12.2. The van der Waals surface area contributed by atoms with E-state index in [2.05, 4.69) is 32.3 Å². The Bertz CT molecular complexity index is 940. The van der Waals surface area contributed by atoms with Crippen LogP contribution in [0.4, 0.5) is 10.5 Å². The first-order valence-electron chi connectivity index (χ1n) is 8.64. The van der Waals surface area contributed by atoms with Gasteiger partial charge < -0.3 is 19.6 Å². The predicted octanol–water partition coefficient (Wildman–Crippen LogP) is 3.16. The van der Waals surface area contributed by atoms with Gasteiger partial charge in [-0.15, -0.1) is 10.2 Å². The van der Waals surface area contributed by atoms with E-state index in [0.717, 1.165) is 59.7 Å². The van der Waals surface area contributed by atoms with Crippen LogP contribution in [-0.4, -0.2) is 20.8 Å². The molecule has 25 heavy (non-hydrogen) atoms. The second-order valence-corrected chi connectivity index (χ2v) is 6.28. The van der Waals surface area contributed by atoms with E-state index >= 15 is 0 Å². The fraction of sp³-hybridized carbons (Fsp3) is 0.389. The standard InChI is InChI=1S/C18H21N5O2/c1-3-14-11(2)12-6-4-7-13(17(12)25-14)20-18(24)19-10-16-22-21-15-8-5-9-23(15)16/h4,6-7H,3,5,8-10H2,1-2H3,(H2,19,20,24). The van der Waals surface area contributed by atoms with Crippen LogP contribution < -0.4 is 10.6 Å². The predicted molar refractivity (Wildman–Crippen MR) is 94.5 cm³/mol. The Morgan fingerprint density at radius 2 is 2.24 bits per heavy atom. The van der Waals surface area contributed by atoms with Crippen LogP contribution >= 0.6 is 0 Å². The minimum Gasteiger partial charge on any atom is -0.459 e. The van der Waals surface area contributed by atoms with Gasteiger partial charge in [0, 0.05) is 24.8 Å². The summed E-state index contributed by atoms with van der Waals surface area (Å²) < 4.78 is 8.00. The monoisotopic (exact) mass is 339 g/mol. The quantitative estimate of drug-likeness (QED) is 0.764. The lowest BCUT2D eigenvalue weighted by Crippen LogP contribution is -2.29. The van der Waals surface area contributed by atoms with Crippen LogP contribution in [0.25, 0.3) is 11.0 Å². The lowest BCUT2D eigenvalue weighted by molar-refractivity contribution is 0.251. The molecule has 0 saturated heterocycles. The van der Waals surface area contributed by atoms with Crippen LogP contribution in [0.1, 0.15) is 36.3 Å². The van der Waals surface area contributed by atoms with Crippen LogP contribution in [-0.2, 0) is 25.9 Å². The molecule has 0 atom stereocenters. The number of furan rings is 1. The number of hydrogen-bond acceptors (Lipinski definition) is 4. The molecule has 1 aromatic carbocycles. The zero-order valence-electron chi connectivity index (χ0n) is 14.4. The van der Waals surface area contributed by atoms with Crippen LogP contribution in [0.15, 0.2) is 22.6 Å². The molecule has 2 amide bonds. The van der Waals surface area contributed by atoms with E-state index in [-0.39, 0.29) is 6.03 Å². The number of urea groups is 1. The highest BCUT2D eigenvalue weighted by Gasteiger charge is 2.18. The summed E-state index contributed by atoms with van der Waals surface area (Å²) in [5, 5.41) is 15.1. The second kappa shape index (κ2) is 6.23. The number of amides is 2. The topological polar surface area (TPSA) is 85.0 Å². The van der Waals surface area contributed by atoms with Gasteiger partial charge in [-0.1, -0.05) is 19.1 Å². The van der Waals surface area contributed by atoms with E-state index in [1.165, 1.54) is 0 Å². The number of fused-ring (bicyclic) bond motifs is 2. The molecule has 0 radical (unpaired) electrons. The van der Waals surface area contributed by atoms with Crippen LogP contribution in [0.3, 0.4) is 0 Å². The number of rotatable bonds is 4. The maximum absolute atomic E-state index is 12.3. The highest BCUT2D eigenvalue weighted by molar-refractivity contribution is 6.00. The van der Waals surface area contributed by atoms with Crippen molar-refractivity contribution in [2.45, 2.75) is 46.2 Å². The summed E-state index contributed by atoms with van der Waals surface area (Å²) in [6.07, 6.45) is 2.87. The molecule has 4 rings (SSSR count). The molecular formula is C18H21N5O2. The fourth-order valence-electron chi connectivity index (χ4n) is 3.40. The van der Waals surface area contributed by atoms with Crippen molar-refractivity contribution in [1.82, 2.24) is 20.1 Å². The van der Waals surface area contributed by atoms with Gasteiger partial charge in [-0.2, -0.15) is 0 Å². The lowest BCUT2D eigenvalue weighted by atomic mass is 10.1. The summed E-state index contributed by atoms with van der Waals surface area (Å²) in [4.78, 5) is 12.3. The first kappa shape index (κ1) is 15.7. The van der Waals surface area contributed by atoms with Crippen molar-refractivity contribution >= 4 is 22.7 Å². The largest absolute Gasteiger partial charge is 0.459 e. The summed E-state index contributed by atoms with van der Waals surface area (Å²) in [6.45, 7) is 5.37. The molecule has 0 unspecified atom stereocenters. The van der Waals surface area contributed by atoms with Gasteiger partial charge in [-0.05, 0) is 25.0 Å². The van der Waals surface area contributed by atoms with Crippen molar-refractivity contribution in [3.63, 3.8) is 0 Å². The summed E-state index contributed by atoms with van der Waals surface area (Å²) in [5.74, 6) is 2.74. The molecule has 7 nitrogen and oxygen atoms in total. The number of para-hydroxylation sites is 1. The Hall–Kier alpha value is -2.83. The van der Waals surface area contributed by atoms with Crippen molar-refractivity contribution < 1.29 is 9.21 Å². The highest BCUT2D eigenvalue weighted by atomic mass is 16.3.